The number of carboxylic acid groups (broad SMARTS) is 1. The first-order chi connectivity index (χ1) is 10.4. The first-order valence-electron chi connectivity index (χ1n) is 6.85. The van der Waals surface area contributed by atoms with Crippen molar-refractivity contribution in [3.05, 3.63) is 35.9 Å². The fraction of sp³-hybridized carbons (Fsp3) is 0.400. The van der Waals surface area contributed by atoms with Gasteiger partial charge in [0.15, 0.2) is 0 Å². The second-order valence-corrected chi connectivity index (χ2v) is 4.72. The Morgan fingerprint density at radius 2 is 1.86 bits per heavy atom. The molecule has 2 unspecified atom stereocenters. The van der Waals surface area contributed by atoms with Gasteiger partial charge < -0.3 is 20.3 Å². The van der Waals surface area contributed by atoms with E-state index >= 15 is 0 Å². The maximum absolute atomic E-state index is 11.7. The van der Waals surface area contributed by atoms with Gasteiger partial charge in [0.25, 0.3) is 0 Å². The van der Waals surface area contributed by atoms with Gasteiger partial charge in [-0.15, -0.1) is 0 Å². The van der Waals surface area contributed by atoms with E-state index in [2.05, 4.69) is 5.32 Å². The summed E-state index contributed by atoms with van der Waals surface area (Å²) in [7, 11) is 0. The third-order valence-corrected chi connectivity index (χ3v) is 3.05. The summed E-state index contributed by atoms with van der Waals surface area (Å²) in [5.74, 6) is -2.72. The number of amides is 1. The maximum Gasteiger partial charge on any atom is 0.407 e. The van der Waals surface area contributed by atoms with Gasteiger partial charge in [0.05, 0.1) is 12.1 Å². The van der Waals surface area contributed by atoms with E-state index in [4.69, 9.17) is 9.84 Å². The fourth-order valence-electron chi connectivity index (χ4n) is 1.81. The molecule has 1 aromatic rings. The van der Waals surface area contributed by atoms with E-state index in [1.165, 1.54) is 0 Å². The predicted octanol–water partition coefficient (Wildman–Crippen LogP) is 1.10. The van der Waals surface area contributed by atoms with Crippen molar-refractivity contribution >= 4 is 17.8 Å². The van der Waals surface area contributed by atoms with Crippen molar-refractivity contribution in [3.8, 4) is 0 Å². The van der Waals surface area contributed by atoms with Crippen molar-refractivity contribution in [2.45, 2.75) is 38.5 Å². The summed E-state index contributed by atoms with van der Waals surface area (Å²) in [6.07, 6.45) is -2.25. The molecule has 0 bridgehead atoms. The van der Waals surface area contributed by atoms with Gasteiger partial charge in [0.1, 0.15) is 6.61 Å². The zero-order valence-corrected chi connectivity index (χ0v) is 12.2. The topological polar surface area (TPSA) is 113 Å². The molecular weight excluding hydrogens is 290 g/mol. The number of hydrogen-bond acceptors (Lipinski definition) is 5. The van der Waals surface area contributed by atoms with E-state index < -0.39 is 36.4 Å². The van der Waals surface area contributed by atoms with Gasteiger partial charge in [-0.1, -0.05) is 37.3 Å². The zero-order chi connectivity index (χ0) is 16.5. The Kier molecular flexibility index (Phi) is 7.04. The fourth-order valence-corrected chi connectivity index (χ4v) is 1.81. The molecule has 7 nitrogen and oxygen atoms in total. The van der Waals surface area contributed by atoms with Crippen LogP contribution in [-0.2, 0) is 20.9 Å². The number of carbonyl (C=O) groups excluding carboxylic acids is 2. The summed E-state index contributed by atoms with van der Waals surface area (Å²) >= 11 is 0. The van der Waals surface area contributed by atoms with Crippen LogP contribution in [0.2, 0.25) is 0 Å². The molecule has 3 N–H and O–H groups in total. The number of ketones is 1. The summed E-state index contributed by atoms with van der Waals surface area (Å²) in [6.45, 7) is 1.77. The van der Waals surface area contributed by atoms with Crippen molar-refractivity contribution in [2.75, 3.05) is 0 Å². The smallest absolute Gasteiger partial charge is 0.407 e. The minimum Gasteiger partial charge on any atom is -0.475 e. The zero-order valence-electron chi connectivity index (χ0n) is 12.2. The molecule has 0 fully saturated rings. The quantitative estimate of drug-likeness (QED) is 0.620. The number of carboxylic acids is 1. The predicted molar refractivity (Wildman–Crippen MR) is 77.1 cm³/mol. The van der Waals surface area contributed by atoms with Crippen LogP contribution in [0.4, 0.5) is 4.79 Å². The molecule has 1 rings (SSSR count). The molecule has 0 heterocycles. The molecule has 22 heavy (non-hydrogen) atoms. The van der Waals surface area contributed by atoms with E-state index in [9.17, 15) is 19.5 Å². The molecule has 0 radical (unpaired) electrons. The second kappa shape index (κ2) is 8.78. The Morgan fingerprint density at radius 3 is 2.41 bits per heavy atom. The van der Waals surface area contributed by atoms with Gasteiger partial charge >= 0.3 is 12.1 Å². The number of nitrogens with one attached hydrogen (secondary N) is 1. The highest BCUT2D eigenvalue weighted by molar-refractivity contribution is 6.32. The minimum atomic E-state index is -1.61. The van der Waals surface area contributed by atoms with Gasteiger partial charge in [-0.05, 0) is 12.0 Å². The lowest BCUT2D eigenvalue weighted by Crippen LogP contribution is -2.44. The number of benzene rings is 1. The average Bonchev–Trinajstić information content (AvgIpc) is 2.51. The highest BCUT2D eigenvalue weighted by atomic mass is 16.5. The number of aliphatic hydroxyl groups is 1. The van der Waals surface area contributed by atoms with Gasteiger partial charge in [-0.2, -0.15) is 0 Å². The molecule has 7 heteroatoms. The Bertz CT molecular complexity index is 516. The standard InChI is InChI=1S/C15H19NO6/c1-2-11(12(17)8-13(18)14(19)20)16-15(21)22-9-10-6-4-3-5-7-10/h3-7,11-12,17H,2,8-9H2,1H3,(H,16,21)(H,19,20). The van der Waals surface area contributed by atoms with E-state index in [1.807, 2.05) is 18.2 Å². The minimum absolute atomic E-state index is 0.0766. The van der Waals surface area contributed by atoms with Crippen molar-refractivity contribution in [3.63, 3.8) is 0 Å². The van der Waals surface area contributed by atoms with Crippen LogP contribution in [0.3, 0.4) is 0 Å². The van der Waals surface area contributed by atoms with Crippen molar-refractivity contribution in [1.29, 1.82) is 0 Å². The van der Waals surface area contributed by atoms with E-state index in [-0.39, 0.29) is 6.61 Å². The number of aliphatic hydroxyl groups excluding tert-OH is 1. The molecular formula is C15H19NO6. The van der Waals surface area contributed by atoms with E-state index in [0.29, 0.717) is 6.42 Å². The summed E-state index contributed by atoms with van der Waals surface area (Å²) in [5.41, 5.74) is 0.812. The largest absolute Gasteiger partial charge is 0.475 e. The molecule has 0 saturated carbocycles. The molecule has 1 aromatic carbocycles. The summed E-state index contributed by atoms with van der Waals surface area (Å²) in [5, 5.41) is 20.7. The van der Waals surface area contributed by atoms with Gasteiger partial charge in [0.2, 0.25) is 5.78 Å². The van der Waals surface area contributed by atoms with E-state index in [0.717, 1.165) is 5.56 Å². The SMILES string of the molecule is CCC(NC(=O)OCc1ccccc1)C(O)CC(=O)C(=O)O. The molecule has 120 valence electrons. The third-order valence-electron chi connectivity index (χ3n) is 3.05. The molecule has 0 spiro atoms. The van der Waals surface area contributed by atoms with Crippen LogP contribution in [0.5, 0.6) is 0 Å². The van der Waals surface area contributed by atoms with Crippen LogP contribution in [0, 0.1) is 0 Å². The van der Waals surface area contributed by atoms with Crippen LogP contribution in [0.1, 0.15) is 25.3 Å². The van der Waals surface area contributed by atoms with Crippen LogP contribution < -0.4 is 5.32 Å². The van der Waals surface area contributed by atoms with Gasteiger partial charge in [-0.3, -0.25) is 4.79 Å². The second-order valence-electron chi connectivity index (χ2n) is 4.72. The molecule has 0 aromatic heterocycles. The number of aliphatic carboxylic acids is 1. The summed E-state index contributed by atoms with van der Waals surface area (Å²) < 4.78 is 5.00. The molecule has 0 aliphatic heterocycles. The Hall–Kier alpha value is -2.41. The van der Waals surface area contributed by atoms with Crippen molar-refractivity contribution in [1.82, 2.24) is 5.32 Å². The van der Waals surface area contributed by atoms with E-state index in [1.54, 1.807) is 19.1 Å². The first kappa shape index (κ1) is 17.6. The van der Waals surface area contributed by atoms with Crippen LogP contribution in [0.15, 0.2) is 30.3 Å². The molecule has 1 amide bonds. The molecule has 0 aliphatic carbocycles. The molecule has 0 saturated heterocycles. The number of ether oxygens (including phenoxy) is 1. The Balaban J connectivity index is 2.45. The summed E-state index contributed by atoms with van der Waals surface area (Å²) in [6, 6.07) is 8.30. The van der Waals surface area contributed by atoms with Crippen LogP contribution in [-0.4, -0.2) is 40.2 Å². The molecule has 2 atom stereocenters. The summed E-state index contributed by atoms with van der Waals surface area (Å²) in [4.78, 5) is 33.2. The van der Waals surface area contributed by atoms with Gasteiger partial charge in [-0.25, -0.2) is 9.59 Å². The Morgan fingerprint density at radius 1 is 1.23 bits per heavy atom. The maximum atomic E-state index is 11.7. The number of rotatable bonds is 8. The normalized spacial score (nSPS) is 13.0. The highest BCUT2D eigenvalue weighted by Gasteiger charge is 2.25. The van der Waals surface area contributed by atoms with Gasteiger partial charge in [0, 0.05) is 6.42 Å². The monoisotopic (exact) mass is 309 g/mol. The lowest BCUT2D eigenvalue weighted by molar-refractivity contribution is -0.150. The third kappa shape index (κ3) is 5.92. The van der Waals surface area contributed by atoms with Crippen molar-refractivity contribution in [2.24, 2.45) is 0 Å². The lowest BCUT2D eigenvalue weighted by atomic mass is 10.0. The number of alkyl carbamates (subject to hydrolysis) is 1. The lowest BCUT2D eigenvalue weighted by Gasteiger charge is -2.21. The van der Waals surface area contributed by atoms with Crippen LogP contribution >= 0.6 is 0 Å². The number of carbonyl (C=O) groups is 3. The first-order valence-corrected chi connectivity index (χ1v) is 6.85. The Labute approximate surface area is 127 Å². The average molecular weight is 309 g/mol. The van der Waals surface area contributed by atoms with Crippen LogP contribution in [0.25, 0.3) is 0 Å². The van der Waals surface area contributed by atoms with Crippen molar-refractivity contribution < 1.29 is 29.3 Å². The number of hydrogen-bond donors (Lipinski definition) is 3. The molecule has 0 aliphatic rings. The highest BCUT2D eigenvalue weighted by Crippen LogP contribution is 2.06. The number of Topliss-reactive ketones (excluding diaryl/α,β-unsaturated/α-hetero) is 1.